The maximum absolute atomic E-state index is 9.81. The number of benzene rings is 2. The molecule has 0 amide bonds. The molecule has 0 radical (unpaired) electrons. The minimum Gasteiger partial charge on any atom is -0.504 e. The van der Waals surface area contributed by atoms with Crippen molar-refractivity contribution in [1.82, 2.24) is 4.98 Å². The number of H-pyrrole nitrogens is 1. The lowest BCUT2D eigenvalue weighted by Gasteiger charge is -2.03. The monoisotopic (exact) mass is 225 g/mol. The van der Waals surface area contributed by atoms with Gasteiger partial charge in [-0.15, -0.1) is 0 Å². The molecule has 0 saturated heterocycles. The van der Waals surface area contributed by atoms with Crippen molar-refractivity contribution < 1.29 is 10.2 Å². The van der Waals surface area contributed by atoms with Crippen LogP contribution in [0.5, 0.6) is 11.5 Å². The Labute approximate surface area is 98.0 Å². The molecule has 0 saturated carbocycles. The van der Waals surface area contributed by atoms with Crippen LogP contribution in [0.4, 0.5) is 0 Å². The van der Waals surface area contributed by atoms with Crippen LogP contribution in [0, 0.1) is 0 Å². The van der Waals surface area contributed by atoms with E-state index in [0.29, 0.717) is 5.56 Å². The minimum atomic E-state index is -0.110. The van der Waals surface area contributed by atoms with Crippen molar-refractivity contribution in [3.05, 3.63) is 48.5 Å². The molecule has 3 nitrogen and oxygen atoms in total. The minimum absolute atomic E-state index is 0.0981. The predicted octanol–water partition coefficient (Wildman–Crippen LogP) is 3.25. The molecule has 3 heteroatoms. The third-order valence-corrected chi connectivity index (χ3v) is 2.83. The van der Waals surface area contributed by atoms with Gasteiger partial charge in [-0.2, -0.15) is 0 Å². The third kappa shape index (κ3) is 1.52. The van der Waals surface area contributed by atoms with Crippen LogP contribution < -0.4 is 0 Å². The summed E-state index contributed by atoms with van der Waals surface area (Å²) in [5.41, 5.74) is 2.39. The number of hydrogen-bond acceptors (Lipinski definition) is 2. The van der Waals surface area contributed by atoms with Crippen molar-refractivity contribution >= 4 is 10.9 Å². The van der Waals surface area contributed by atoms with Crippen LogP contribution in [0.3, 0.4) is 0 Å². The topological polar surface area (TPSA) is 56.2 Å². The second kappa shape index (κ2) is 3.56. The molecule has 2 aromatic carbocycles. The number of aromatic amines is 1. The van der Waals surface area contributed by atoms with Crippen LogP contribution in [0.15, 0.2) is 48.5 Å². The molecule has 84 valence electrons. The fraction of sp³-hybridized carbons (Fsp3) is 0. The molecule has 0 aliphatic heterocycles. The van der Waals surface area contributed by atoms with Gasteiger partial charge >= 0.3 is 0 Å². The zero-order valence-corrected chi connectivity index (χ0v) is 9.01. The van der Waals surface area contributed by atoms with Crippen LogP contribution in [-0.2, 0) is 0 Å². The first-order chi connectivity index (χ1) is 8.25. The van der Waals surface area contributed by atoms with Gasteiger partial charge in [0.05, 0.1) is 5.69 Å². The fourth-order valence-electron chi connectivity index (χ4n) is 1.97. The molecule has 3 rings (SSSR count). The lowest BCUT2D eigenvalue weighted by Crippen LogP contribution is -1.78. The Kier molecular flexibility index (Phi) is 2.05. The van der Waals surface area contributed by atoms with Gasteiger partial charge in [0.2, 0.25) is 0 Å². The first-order valence-electron chi connectivity index (χ1n) is 5.35. The molecule has 3 aromatic rings. The van der Waals surface area contributed by atoms with Crippen molar-refractivity contribution in [2.75, 3.05) is 0 Å². The van der Waals surface area contributed by atoms with Gasteiger partial charge in [0.25, 0.3) is 0 Å². The third-order valence-electron chi connectivity index (χ3n) is 2.83. The van der Waals surface area contributed by atoms with Crippen molar-refractivity contribution in [1.29, 1.82) is 0 Å². The van der Waals surface area contributed by atoms with E-state index in [1.807, 2.05) is 30.3 Å². The number of hydrogen-bond donors (Lipinski definition) is 3. The molecule has 0 aliphatic rings. The van der Waals surface area contributed by atoms with Crippen LogP contribution in [-0.4, -0.2) is 15.2 Å². The first kappa shape index (κ1) is 9.78. The maximum Gasteiger partial charge on any atom is 0.166 e. The molecule has 0 aliphatic carbocycles. The van der Waals surface area contributed by atoms with Gasteiger partial charge in [0.15, 0.2) is 11.5 Å². The first-order valence-corrected chi connectivity index (χ1v) is 5.35. The van der Waals surface area contributed by atoms with Gasteiger partial charge in [-0.25, -0.2) is 0 Å². The smallest absolute Gasteiger partial charge is 0.166 e. The summed E-state index contributed by atoms with van der Waals surface area (Å²) in [5.74, 6) is -0.208. The highest BCUT2D eigenvalue weighted by Gasteiger charge is 2.10. The summed E-state index contributed by atoms with van der Waals surface area (Å²) in [5, 5.41) is 20.4. The lowest BCUT2D eigenvalue weighted by molar-refractivity contribution is 0.405. The highest BCUT2D eigenvalue weighted by Crippen LogP contribution is 2.36. The molecule has 1 aromatic heterocycles. The van der Waals surface area contributed by atoms with E-state index in [1.165, 1.54) is 6.07 Å². The summed E-state index contributed by atoms with van der Waals surface area (Å²) in [6.07, 6.45) is 0. The Balaban J connectivity index is 2.24. The van der Waals surface area contributed by atoms with E-state index >= 15 is 0 Å². The SMILES string of the molecule is Oc1cccc(-c2cc3ccccc3[nH]2)c1O. The summed E-state index contributed by atoms with van der Waals surface area (Å²) in [4.78, 5) is 3.21. The summed E-state index contributed by atoms with van der Waals surface area (Å²) in [6, 6.07) is 14.8. The second-order valence-corrected chi connectivity index (χ2v) is 3.94. The van der Waals surface area contributed by atoms with Crippen LogP contribution in [0.2, 0.25) is 0 Å². The van der Waals surface area contributed by atoms with Gasteiger partial charge in [0, 0.05) is 16.5 Å². The normalized spacial score (nSPS) is 10.8. The summed E-state index contributed by atoms with van der Waals surface area (Å²) in [6.45, 7) is 0. The number of nitrogens with one attached hydrogen (secondary N) is 1. The largest absolute Gasteiger partial charge is 0.504 e. The number of aromatic nitrogens is 1. The van der Waals surface area contributed by atoms with Crippen molar-refractivity contribution in [3.63, 3.8) is 0 Å². The summed E-state index contributed by atoms with van der Waals surface area (Å²) < 4.78 is 0. The number of phenolic OH excluding ortho intramolecular Hbond substituents is 2. The fourth-order valence-corrected chi connectivity index (χ4v) is 1.97. The molecule has 17 heavy (non-hydrogen) atoms. The number of rotatable bonds is 1. The van der Waals surface area contributed by atoms with Crippen molar-refractivity contribution in [2.45, 2.75) is 0 Å². The highest BCUT2D eigenvalue weighted by atomic mass is 16.3. The summed E-state index contributed by atoms with van der Waals surface area (Å²) >= 11 is 0. The maximum atomic E-state index is 9.81. The quantitative estimate of drug-likeness (QED) is 0.557. The summed E-state index contributed by atoms with van der Waals surface area (Å²) in [7, 11) is 0. The molecule has 1 heterocycles. The molecule has 0 spiro atoms. The van der Waals surface area contributed by atoms with E-state index in [9.17, 15) is 10.2 Å². The Morgan fingerprint density at radius 1 is 0.882 bits per heavy atom. The standard InChI is InChI=1S/C14H11NO2/c16-13-7-3-5-10(14(13)17)12-8-9-4-1-2-6-11(9)15-12/h1-8,15-17H. The van der Waals surface area contributed by atoms with Crippen LogP contribution in [0.25, 0.3) is 22.2 Å². The molecular weight excluding hydrogens is 214 g/mol. The van der Waals surface area contributed by atoms with E-state index in [0.717, 1.165) is 16.6 Å². The molecule has 0 fully saturated rings. The Hall–Kier alpha value is -2.42. The van der Waals surface area contributed by atoms with Crippen LogP contribution in [0.1, 0.15) is 0 Å². The molecular formula is C14H11NO2. The van der Waals surface area contributed by atoms with E-state index < -0.39 is 0 Å². The number of phenols is 2. The van der Waals surface area contributed by atoms with Crippen molar-refractivity contribution in [3.8, 4) is 22.8 Å². The van der Waals surface area contributed by atoms with Gasteiger partial charge in [0.1, 0.15) is 0 Å². The number of para-hydroxylation sites is 2. The molecule has 0 unspecified atom stereocenters. The molecule has 0 atom stereocenters. The average Bonchev–Trinajstić information content (AvgIpc) is 2.76. The Bertz CT molecular complexity index is 653. The molecule has 0 bridgehead atoms. The van der Waals surface area contributed by atoms with Gasteiger partial charge in [-0.05, 0) is 24.3 Å². The zero-order valence-electron chi connectivity index (χ0n) is 9.01. The van der Waals surface area contributed by atoms with E-state index in [-0.39, 0.29) is 11.5 Å². The van der Waals surface area contributed by atoms with Crippen LogP contribution >= 0.6 is 0 Å². The van der Waals surface area contributed by atoms with E-state index in [4.69, 9.17) is 0 Å². The number of aromatic hydroxyl groups is 2. The second-order valence-electron chi connectivity index (χ2n) is 3.94. The Morgan fingerprint density at radius 3 is 2.53 bits per heavy atom. The Morgan fingerprint density at radius 2 is 1.71 bits per heavy atom. The zero-order chi connectivity index (χ0) is 11.8. The highest BCUT2D eigenvalue weighted by molar-refractivity contribution is 5.87. The van der Waals surface area contributed by atoms with Gasteiger partial charge < -0.3 is 15.2 Å². The van der Waals surface area contributed by atoms with E-state index in [1.54, 1.807) is 12.1 Å². The predicted molar refractivity (Wildman–Crippen MR) is 67.1 cm³/mol. The van der Waals surface area contributed by atoms with E-state index in [2.05, 4.69) is 4.98 Å². The lowest BCUT2D eigenvalue weighted by atomic mass is 10.1. The average molecular weight is 225 g/mol. The van der Waals surface area contributed by atoms with Gasteiger partial charge in [-0.1, -0.05) is 24.3 Å². The number of fused-ring (bicyclic) bond motifs is 1. The van der Waals surface area contributed by atoms with Gasteiger partial charge in [-0.3, -0.25) is 0 Å². The molecule has 3 N–H and O–H groups in total. The van der Waals surface area contributed by atoms with Crippen molar-refractivity contribution in [2.24, 2.45) is 0 Å².